The van der Waals surface area contributed by atoms with Crippen LogP contribution < -0.4 is 4.74 Å². The van der Waals surface area contributed by atoms with Crippen LogP contribution in [0.2, 0.25) is 0 Å². The van der Waals surface area contributed by atoms with Crippen LogP contribution in [0.3, 0.4) is 0 Å². The quantitative estimate of drug-likeness (QED) is 0.797. The Balaban J connectivity index is 2.19. The monoisotopic (exact) mass is 266 g/mol. The highest BCUT2D eigenvalue weighted by Gasteiger charge is 2.08. The van der Waals surface area contributed by atoms with E-state index in [1.165, 1.54) is 0 Å². The lowest BCUT2D eigenvalue weighted by Gasteiger charge is -2.05. The number of rotatable bonds is 4. The van der Waals surface area contributed by atoms with Crippen molar-refractivity contribution in [3.63, 3.8) is 0 Å². The number of ether oxygens (including phenoxy) is 1. The Morgan fingerprint density at radius 1 is 1.44 bits per heavy atom. The third-order valence-electron chi connectivity index (χ3n) is 2.50. The normalized spacial score (nSPS) is 12.4. The third kappa shape index (κ3) is 2.98. The first-order valence-corrected chi connectivity index (χ1v) is 6.08. The van der Waals surface area contributed by atoms with Crippen LogP contribution in [0.5, 0.6) is 5.75 Å². The number of hydrogen-bond donors (Lipinski definition) is 0. The molecule has 1 unspecified atom stereocenters. The molecule has 6 heteroatoms. The maximum atomic E-state index is 5.94. The second kappa shape index (κ2) is 5.35. The molecular weight excluding hydrogens is 252 g/mol. The number of aromatic nitrogens is 4. The van der Waals surface area contributed by atoms with E-state index in [1.807, 2.05) is 32.2 Å². The zero-order valence-electron chi connectivity index (χ0n) is 10.6. The number of alkyl halides is 1. The summed E-state index contributed by atoms with van der Waals surface area (Å²) in [6, 6.07) is 3.77. The van der Waals surface area contributed by atoms with Crippen molar-refractivity contribution in [2.75, 3.05) is 7.11 Å². The summed E-state index contributed by atoms with van der Waals surface area (Å²) >= 11 is 5.94. The smallest absolute Gasteiger partial charge is 0.122 e. The molecule has 96 valence electrons. The van der Waals surface area contributed by atoms with Crippen molar-refractivity contribution in [1.29, 1.82) is 0 Å². The molecule has 18 heavy (non-hydrogen) atoms. The number of aryl methyl sites for hydroxylation is 1. The maximum Gasteiger partial charge on any atom is 0.122 e. The van der Waals surface area contributed by atoms with Gasteiger partial charge in [-0.15, -0.1) is 16.7 Å². The Kier molecular flexibility index (Phi) is 3.81. The number of halogens is 1. The minimum absolute atomic E-state index is 0.140. The molecule has 0 radical (unpaired) electrons. The molecule has 0 bridgehead atoms. The van der Waals surface area contributed by atoms with Gasteiger partial charge in [0.1, 0.15) is 11.4 Å². The largest absolute Gasteiger partial charge is 0.497 e. The predicted molar refractivity (Wildman–Crippen MR) is 68.9 cm³/mol. The van der Waals surface area contributed by atoms with Gasteiger partial charge in [-0.1, -0.05) is 5.21 Å². The Hall–Kier alpha value is -1.62. The molecule has 2 aromatic rings. The SMILES string of the molecule is COc1cc(C)nc(Cn2cc(C(C)Cl)nn2)c1. The van der Waals surface area contributed by atoms with Gasteiger partial charge in [-0.2, -0.15) is 0 Å². The van der Waals surface area contributed by atoms with Crippen molar-refractivity contribution >= 4 is 11.6 Å². The zero-order chi connectivity index (χ0) is 13.1. The summed E-state index contributed by atoms with van der Waals surface area (Å²) in [5, 5.41) is 7.88. The first kappa shape index (κ1) is 12.8. The van der Waals surface area contributed by atoms with E-state index in [-0.39, 0.29) is 5.38 Å². The van der Waals surface area contributed by atoms with Crippen LogP contribution in [0.25, 0.3) is 0 Å². The first-order chi connectivity index (χ1) is 8.58. The van der Waals surface area contributed by atoms with Crippen molar-refractivity contribution in [2.24, 2.45) is 0 Å². The maximum absolute atomic E-state index is 5.94. The third-order valence-corrected chi connectivity index (χ3v) is 2.73. The molecule has 0 aliphatic carbocycles. The average molecular weight is 267 g/mol. The van der Waals surface area contributed by atoms with Gasteiger partial charge in [0.05, 0.1) is 30.9 Å². The summed E-state index contributed by atoms with van der Waals surface area (Å²) in [7, 11) is 1.64. The van der Waals surface area contributed by atoms with Gasteiger partial charge in [0.15, 0.2) is 0 Å². The Morgan fingerprint density at radius 3 is 2.83 bits per heavy atom. The van der Waals surface area contributed by atoms with E-state index in [9.17, 15) is 0 Å². The molecule has 0 N–H and O–H groups in total. The van der Waals surface area contributed by atoms with Crippen LogP contribution in [0.4, 0.5) is 0 Å². The molecule has 0 aliphatic heterocycles. The molecule has 0 aromatic carbocycles. The zero-order valence-corrected chi connectivity index (χ0v) is 11.3. The summed E-state index contributed by atoms with van der Waals surface area (Å²) in [4.78, 5) is 4.43. The van der Waals surface area contributed by atoms with Crippen LogP contribution in [-0.2, 0) is 6.54 Å². The van der Waals surface area contributed by atoms with Crippen LogP contribution in [0.15, 0.2) is 18.3 Å². The molecule has 0 spiro atoms. The Morgan fingerprint density at radius 2 is 2.22 bits per heavy atom. The van der Waals surface area contributed by atoms with Gasteiger partial charge in [-0.3, -0.25) is 4.98 Å². The van der Waals surface area contributed by atoms with Crippen LogP contribution in [0, 0.1) is 6.92 Å². The number of methoxy groups -OCH3 is 1. The molecule has 0 amide bonds. The standard InChI is InChI=1S/C12H15ClN4O/c1-8-4-11(18-3)5-10(14-8)6-17-7-12(9(2)13)15-16-17/h4-5,7,9H,6H2,1-3H3. The lowest BCUT2D eigenvalue weighted by atomic mass is 10.3. The van der Waals surface area contributed by atoms with E-state index >= 15 is 0 Å². The molecule has 2 aromatic heterocycles. The van der Waals surface area contributed by atoms with Gasteiger partial charge in [0.25, 0.3) is 0 Å². The van der Waals surface area contributed by atoms with Gasteiger partial charge in [-0.25, -0.2) is 4.68 Å². The lowest BCUT2D eigenvalue weighted by Crippen LogP contribution is -2.04. The fourth-order valence-electron chi connectivity index (χ4n) is 1.64. The summed E-state index contributed by atoms with van der Waals surface area (Å²) in [5.74, 6) is 0.795. The fraction of sp³-hybridized carbons (Fsp3) is 0.417. The molecule has 0 saturated carbocycles. The van der Waals surface area contributed by atoms with Gasteiger partial charge < -0.3 is 4.74 Å². The predicted octanol–water partition coefficient (Wildman–Crippen LogP) is 2.34. The Bertz CT molecular complexity index is 539. The summed E-state index contributed by atoms with van der Waals surface area (Å²) in [5.41, 5.74) is 2.55. The summed E-state index contributed by atoms with van der Waals surface area (Å²) < 4.78 is 6.93. The van der Waals surface area contributed by atoms with Gasteiger partial charge in [0.2, 0.25) is 0 Å². The van der Waals surface area contributed by atoms with E-state index in [0.717, 1.165) is 22.8 Å². The summed E-state index contributed by atoms with van der Waals surface area (Å²) in [6.45, 7) is 4.35. The van der Waals surface area contributed by atoms with E-state index in [1.54, 1.807) is 11.8 Å². The van der Waals surface area contributed by atoms with Gasteiger partial charge in [0, 0.05) is 17.8 Å². The highest BCUT2D eigenvalue weighted by molar-refractivity contribution is 6.20. The average Bonchev–Trinajstić information content (AvgIpc) is 2.76. The van der Waals surface area contributed by atoms with Crippen LogP contribution in [0.1, 0.15) is 29.4 Å². The van der Waals surface area contributed by atoms with E-state index in [4.69, 9.17) is 16.3 Å². The van der Waals surface area contributed by atoms with Crippen molar-refractivity contribution in [3.05, 3.63) is 35.4 Å². The number of hydrogen-bond acceptors (Lipinski definition) is 4. The van der Waals surface area contributed by atoms with Crippen molar-refractivity contribution < 1.29 is 4.74 Å². The fourth-order valence-corrected chi connectivity index (χ4v) is 1.74. The molecule has 0 fully saturated rings. The molecule has 2 rings (SSSR count). The van der Waals surface area contributed by atoms with Crippen molar-refractivity contribution in [2.45, 2.75) is 25.8 Å². The van der Waals surface area contributed by atoms with Crippen LogP contribution in [-0.4, -0.2) is 27.1 Å². The first-order valence-electron chi connectivity index (χ1n) is 5.64. The second-order valence-corrected chi connectivity index (χ2v) is 4.75. The van der Waals surface area contributed by atoms with Gasteiger partial charge in [-0.05, 0) is 13.8 Å². The highest BCUT2D eigenvalue weighted by Crippen LogP contribution is 2.17. The topological polar surface area (TPSA) is 52.8 Å². The second-order valence-electron chi connectivity index (χ2n) is 4.10. The molecular formula is C12H15ClN4O. The van der Waals surface area contributed by atoms with E-state index in [0.29, 0.717) is 6.54 Å². The van der Waals surface area contributed by atoms with E-state index in [2.05, 4.69) is 15.3 Å². The van der Waals surface area contributed by atoms with Crippen molar-refractivity contribution in [3.8, 4) is 5.75 Å². The number of nitrogens with zero attached hydrogens (tertiary/aromatic N) is 4. The number of pyridine rings is 1. The molecule has 0 saturated heterocycles. The Labute approximate surface area is 111 Å². The van der Waals surface area contributed by atoms with Crippen molar-refractivity contribution in [1.82, 2.24) is 20.0 Å². The van der Waals surface area contributed by atoms with Gasteiger partial charge >= 0.3 is 0 Å². The molecule has 1 atom stereocenters. The van der Waals surface area contributed by atoms with Crippen LogP contribution >= 0.6 is 11.6 Å². The minimum Gasteiger partial charge on any atom is -0.497 e. The molecule has 2 heterocycles. The molecule has 5 nitrogen and oxygen atoms in total. The molecule has 0 aliphatic rings. The van der Waals surface area contributed by atoms with E-state index < -0.39 is 0 Å². The lowest BCUT2D eigenvalue weighted by molar-refractivity contribution is 0.412. The summed E-state index contributed by atoms with van der Waals surface area (Å²) in [6.07, 6.45) is 1.83. The minimum atomic E-state index is -0.140. The highest BCUT2D eigenvalue weighted by atomic mass is 35.5.